The molecule has 6 heteroatoms. The number of thiophene rings is 1. The number of aryl methyl sites for hydroxylation is 1. The van der Waals surface area contributed by atoms with Gasteiger partial charge in [0, 0.05) is 60.5 Å². The molecule has 0 unspecified atom stereocenters. The molecule has 0 saturated heterocycles. The molecule has 5 aromatic heterocycles. The van der Waals surface area contributed by atoms with Crippen molar-refractivity contribution in [3.63, 3.8) is 0 Å². The van der Waals surface area contributed by atoms with E-state index in [1.807, 2.05) is 80.7 Å². The summed E-state index contributed by atoms with van der Waals surface area (Å²) in [6.45, 7) is 3.35. The van der Waals surface area contributed by atoms with E-state index in [1.54, 1.807) is 24.5 Å². The molecule has 0 amide bonds. The predicted octanol–water partition coefficient (Wildman–Crippen LogP) is 9.50. The number of aromatic nitrogens is 3. The summed E-state index contributed by atoms with van der Waals surface area (Å²) in [6, 6.07) is 28.8. The van der Waals surface area contributed by atoms with Crippen molar-refractivity contribution in [1.29, 1.82) is 0 Å². The predicted molar refractivity (Wildman–Crippen MR) is 165 cm³/mol. The average molecular weight is 737 g/mol. The Morgan fingerprint density at radius 1 is 0.927 bits per heavy atom. The Labute approximate surface area is 264 Å². The van der Waals surface area contributed by atoms with Gasteiger partial charge < -0.3 is 14.4 Å². The smallest absolute Gasteiger partial charge is 0.216 e. The number of rotatable bonds is 3. The van der Waals surface area contributed by atoms with Gasteiger partial charge in [-0.1, -0.05) is 49.9 Å². The van der Waals surface area contributed by atoms with Crippen molar-refractivity contribution in [3.8, 4) is 22.5 Å². The van der Waals surface area contributed by atoms with Gasteiger partial charge in [0.25, 0.3) is 0 Å². The summed E-state index contributed by atoms with van der Waals surface area (Å²) in [4.78, 5) is 13.1. The molecule has 0 bridgehead atoms. The van der Waals surface area contributed by atoms with Gasteiger partial charge in [-0.3, -0.25) is 0 Å². The fourth-order valence-corrected chi connectivity index (χ4v) is 5.35. The molecule has 0 atom stereocenters. The van der Waals surface area contributed by atoms with E-state index in [4.69, 9.17) is 11.3 Å². The molecule has 5 heterocycles. The van der Waals surface area contributed by atoms with Crippen LogP contribution in [0.15, 0.2) is 95.0 Å². The SMILES string of the molecule is [2H]C([2H])([2H])c1ccc2c(n1)oc1c(-c3cc4scc(C([2H])([2H])C(C)(C)C)c4cn3)[c-]ccc12.[Ir].[c-]1ccccc1-c1ccccn1. The molecular formula is C35H29IrN3OS-2. The van der Waals surface area contributed by atoms with Gasteiger partial charge in [0.05, 0.1) is 5.58 Å². The molecule has 2 aromatic carbocycles. The molecule has 0 saturated carbocycles. The third kappa shape index (κ3) is 6.30. The first-order valence-corrected chi connectivity index (χ1v) is 13.7. The Balaban J connectivity index is 0.000000269. The van der Waals surface area contributed by atoms with Gasteiger partial charge in [0.15, 0.2) is 0 Å². The van der Waals surface area contributed by atoms with Crippen molar-refractivity contribution >= 4 is 43.5 Å². The van der Waals surface area contributed by atoms with E-state index in [-0.39, 0.29) is 31.5 Å². The van der Waals surface area contributed by atoms with Crippen molar-refractivity contribution in [2.75, 3.05) is 0 Å². The van der Waals surface area contributed by atoms with Crippen molar-refractivity contribution in [3.05, 3.63) is 114 Å². The van der Waals surface area contributed by atoms with Gasteiger partial charge in [0.1, 0.15) is 0 Å². The normalized spacial score (nSPS) is 13.8. The van der Waals surface area contributed by atoms with Gasteiger partial charge >= 0.3 is 0 Å². The van der Waals surface area contributed by atoms with E-state index in [9.17, 15) is 0 Å². The minimum absolute atomic E-state index is 0. The number of fused-ring (bicyclic) bond motifs is 4. The van der Waals surface area contributed by atoms with Crippen molar-refractivity contribution in [2.45, 2.75) is 34.0 Å². The van der Waals surface area contributed by atoms with Crippen LogP contribution in [-0.4, -0.2) is 15.0 Å². The topological polar surface area (TPSA) is 51.8 Å². The second kappa shape index (κ2) is 12.0. The molecule has 0 fully saturated rings. The first-order chi connectivity index (χ1) is 21.3. The molecule has 0 aliphatic rings. The molecule has 7 rings (SSSR count). The number of nitrogens with zero attached hydrogens (tertiary/aromatic N) is 3. The van der Waals surface area contributed by atoms with Crippen LogP contribution in [0.2, 0.25) is 0 Å². The zero-order chi connectivity index (χ0) is 32.0. The van der Waals surface area contributed by atoms with Gasteiger partial charge in [0.2, 0.25) is 5.71 Å². The fourth-order valence-electron chi connectivity index (χ4n) is 4.45. The Bertz CT molecular complexity index is 2080. The quantitative estimate of drug-likeness (QED) is 0.170. The van der Waals surface area contributed by atoms with Crippen LogP contribution in [0.5, 0.6) is 0 Å². The summed E-state index contributed by atoms with van der Waals surface area (Å²) in [5.74, 6) is 0. The van der Waals surface area contributed by atoms with Crippen molar-refractivity contribution < 1.29 is 31.4 Å². The monoisotopic (exact) mass is 737 g/mol. The third-order valence-corrected chi connectivity index (χ3v) is 7.12. The van der Waals surface area contributed by atoms with E-state index in [0.29, 0.717) is 22.4 Å². The first kappa shape index (κ1) is 22.9. The maximum atomic E-state index is 8.64. The summed E-state index contributed by atoms with van der Waals surface area (Å²) in [6.07, 6.45) is 1.99. The maximum Gasteiger partial charge on any atom is 0.216 e. The largest absolute Gasteiger partial charge is 0.486 e. The van der Waals surface area contributed by atoms with Gasteiger partial charge in [-0.05, 0) is 59.2 Å². The number of hydrogen-bond donors (Lipinski definition) is 0. The van der Waals surface area contributed by atoms with E-state index in [0.717, 1.165) is 32.1 Å². The van der Waals surface area contributed by atoms with E-state index in [2.05, 4.69) is 27.1 Å². The minimum atomic E-state index is -2.32. The molecule has 1 radical (unpaired) electrons. The van der Waals surface area contributed by atoms with Gasteiger partial charge in [-0.15, -0.1) is 65.4 Å². The zero-order valence-electron chi connectivity index (χ0n) is 27.7. The van der Waals surface area contributed by atoms with Crippen LogP contribution in [0, 0.1) is 24.4 Å². The van der Waals surface area contributed by atoms with Gasteiger partial charge in [-0.2, -0.15) is 0 Å². The summed E-state index contributed by atoms with van der Waals surface area (Å²) >= 11 is 1.48. The maximum absolute atomic E-state index is 8.64. The molecule has 207 valence electrons. The molecule has 0 aliphatic heterocycles. The number of hydrogen-bond acceptors (Lipinski definition) is 5. The van der Waals surface area contributed by atoms with Crippen LogP contribution in [0.1, 0.15) is 38.9 Å². The standard InChI is InChI=1S/C24H21N2OS.C11H8N.Ir/c1-14-8-9-17-16-6-5-7-18(22(16)27-23(17)26-14)20-10-21-19(12-25-20)15(13-28-21)11-24(2,3)4;1-2-6-10(7-3-1)11-8-4-5-9-12-11;/h5-6,8-10,12-13H,11H2,1-4H3;1-6,8-9H;/q2*-1;/i1D3,11D2;;. The molecule has 7 aromatic rings. The zero-order valence-corrected chi connectivity index (χ0v) is 25.9. The van der Waals surface area contributed by atoms with Crippen LogP contribution < -0.4 is 0 Å². The van der Waals surface area contributed by atoms with Crippen LogP contribution >= 0.6 is 11.3 Å². The second-order valence-electron chi connectivity index (χ2n) is 10.3. The number of furan rings is 1. The van der Waals surface area contributed by atoms with E-state index < -0.39 is 18.6 Å². The molecule has 0 aliphatic carbocycles. The Morgan fingerprint density at radius 2 is 1.80 bits per heavy atom. The number of pyridine rings is 3. The van der Waals surface area contributed by atoms with E-state index in [1.165, 1.54) is 17.4 Å². The fraction of sp³-hybridized carbons (Fsp3) is 0.171. The molecule has 4 nitrogen and oxygen atoms in total. The molecule has 0 spiro atoms. The van der Waals surface area contributed by atoms with Crippen molar-refractivity contribution in [1.82, 2.24) is 15.0 Å². The van der Waals surface area contributed by atoms with Crippen LogP contribution in [-0.2, 0) is 26.5 Å². The Kier molecular flexibility index (Phi) is 6.73. The molecule has 0 N–H and O–H groups in total. The van der Waals surface area contributed by atoms with Crippen molar-refractivity contribution in [2.24, 2.45) is 5.41 Å². The van der Waals surface area contributed by atoms with Crippen LogP contribution in [0.25, 0.3) is 54.7 Å². The summed E-state index contributed by atoms with van der Waals surface area (Å²) in [5.41, 5.74) is 4.17. The second-order valence-corrected chi connectivity index (χ2v) is 11.2. The van der Waals surface area contributed by atoms with Crippen LogP contribution in [0.4, 0.5) is 0 Å². The molecular weight excluding hydrogens is 703 g/mol. The summed E-state index contributed by atoms with van der Waals surface area (Å²) in [5, 5.41) is 4.20. The molecule has 41 heavy (non-hydrogen) atoms. The summed E-state index contributed by atoms with van der Waals surface area (Å²) in [7, 11) is 0. The Morgan fingerprint density at radius 3 is 2.56 bits per heavy atom. The van der Waals surface area contributed by atoms with Crippen LogP contribution in [0.3, 0.4) is 0 Å². The average Bonchev–Trinajstić information content (AvgIpc) is 3.62. The minimum Gasteiger partial charge on any atom is -0.486 e. The third-order valence-electron chi connectivity index (χ3n) is 6.17. The summed E-state index contributed by atoms with van der Waals surface area (Å²) < 4.78 is 47.0. The first-order valence-electron chi connectivity index (χ1n) is 15.4. The number of benzene rings is 2. The van der Waals surface area contributed by atoms with Gasteiger partial charge in [-0.25, -0.2) is 4.98 Å². The Hall–Kier alpha value is -3.70. The van der Waals surface area contributed by atoms with E-state index >= 15 is 0 Å².